The summed E-state index contributed by atoms with van der Waals surface area (Å²) in [6.07, 6.45) is 13.9. The summed E-state index contributed by atoms with van der Waals surface area (Å²) < 4.78 is 5.00. The Bertz CT molecular complexity index is 185. The van der Waals surface area contributed by atoms with Crippen LogP contribution >= 0.6 is 0 Å². The van der Waals surface area contributed by atoms with Crippen molar-refractivity contribution in [3.63, 3.8) is 0 Å². The van der Waals surface area contributed by atoms with Gasteiger partial charge in [-0.1, -0.05) is 51.5 Å². The van der Waals surface area contributed by atoms with Gasteiger partial charge >= 0.3 is 5.97 Å². The van der Waals surface area contributed by atoms with Crippen LogP contribution in [-0.2, 0) is 9.53 Å². The van der Waals surface area contributed by atoms with E-state index < -0.39 is 0 Å². The fraction of sp³-hybridized carbons (Fsp3) is 0.714. The van der Waals surface area contributed by atoms with Gasteiger partial charge in [0.1, 0.15) is 0 Å². The van der Waals surface area contributed by atoms with Crippen molar-refractivity contribution in [1.29, 1.82) is 0 Å². The molecule has 1 radical (unpaired) electrons. The van der Waals surface area contributed by atoms with E-state index in [1.807, 2.05) is 6.92 Å². The average Bonchev–Trinajstić information content (AvgIpc) is 2.27. The van der Waals surface area contributed by atoms with E-state index in [-0.39, 0.29) is 5.97 Å². The van der Waals surface area contributed by atoms with Crippen molar-refractivity contribution in [3.05, 3.63) is 18.6 Å². The van der Waals surface area contributed by atoms with E-state index in [0.29, 0.717) is 6.61 Å². The van der Waals surface area contributed by atoms with Gasteiger partial charge in [0.05, 0.1) is 6.61 Å². The van der Waals surface area contributed by atoms with Gasteiger partial charge in [0, 0.05) is 6.08 Å². The number of ether oxygens (including phenoxy) is 1. The van der Waals surface area contributed by atoms with Crippen molar-refractivity contribution in [1.82, 2.24) is 0 Å². The topological polar surface area (TPSA) is 26.3 Å². The molecule has 0 spiro atoms. The molecule has 0 N–H and O–H groups in total. The lowest BCUT2D eigenvalue weighted by Gasteiger charge is -2.02. The van der Waals surface area contributed by atoms with Crippen LogP contribution in [0.4, 0.5) is 0 Å². The number of unbranched alkanes of at least 4 members (excludes halogenated alkanes) is 7. The van der Waals surface area contributed by atoms with Crippen LogP contribution in [-0.4, -0.2) is 12.6 Å². The lowest BCUT2D eigenvalue weighted by Crippen LogP contribution is -2.01. The average molecular weight is 225 g/mol. The predicted molar refractivity (Wildman–Crippen MR) is 68.1 cm³/mol. The second-order valence-corrected chi connectivity index (χ2v) is 3.92. The number of rotatable bonds is 10. The monoisotopic (exact) mass is 225 g/mol. The van der Waals surface area contributed by atoms with Gasteiger partial charge in [-0.3, -0.25) is 0 Å². The summed E-state index contributed by atoms with van der Waals surface area (Å²) in [5.41, 5.74) is 0. The van der Waals surface area contributed by atoms with E-state index in [4.69, 9.17) is 4.74 Å². The maximum Gasteiger partial charge on any atom is 0.330 e. The summed E-state index contributed by atoms with van der Waals surface area (Å²) >= 11 is 0. The lowest BCUT2D eigenvalue weighted by molar-refractivity contribution is -0.137. The molecule has 0 unspecified atom stereocenters. The maximum atomic E-state index is 10.9. The fourth-order valence-electron chi connectivity index (χ4n) is 1.48. The molecule has 0 saturated heterocycles. The van der Waals surface area contributed by atoms with E-state index in [9.17, 15) is 4.79 Å². The van der Waals surface area contributed by atoms with Gasteiger partial charge in [0.25, 0.3) is 0 Å². The highest BCUT2D eigenvalue weighted by Gasteiger charge is 1.95. The van der Waals surface area contributed by atoms with Crippen molar-refractivity contribution in [3.8, 4) is 0 Å². The summed E-state index contributed by atoms with van der Waals surface area (Å²) in [5.74, 6) is -0.222. The Labute approximate surface area is 100 Å². The van der Waals surface area contributed by atoms with Crippen molar-refractivity contribution in [2.45, 2.75) is 58.8 Å². The Kier molecular flexibility index (Phi) is 11.7. The lowest BCUT2D eigenvalue weighted by atomic mass is 10.1. The highest BCUT2D eigenvalue weighted by atomic mass is 16.5. The first-order chi connectivity index (χ1) is 7.81. The molecule has 0 aromatic heterocycles. The second-order valence-electron chi connectivity index (χ2n) is 3.92. The zero-order valence-corrected chi connectivity index (χ0v) is 10.7. The standard InChI is InChI=1S/C14H25O2/c1-3-5-6-7-8-9-10-11-13-16-14(15)12-4-2/h4-5,12H,3,6-11,13H2,1-2H3. The Balaban J connectivity index is 3.07. The first-order valence-corrected chi connectivity index (χ1v) is 6.42. The van der Waals surface area contributed by atoms with Crippen molar-refractivity contribution in [2.24, 2.45) is 0 Å². The van der Waals surface area contributed by atoms with Gasteiger partial charge in [-0.15, -0.1) is 0 Å². The van der Waals surface area contributed by atoms with Crippen molar-refractivity contribution < 1.29 is 9.53 Å². The van der Waals surface area contributed by atoms with Gasteiger partial charge in [0.2, 0.25) is 0 Å². The Hall–Kier alpha value is -0.790. The summed E-state index contributed by atoms with van der Waals surface area (Å²) in [7, 11) is 0. The third-order valence-electron chi connectivity index (χ3n) is 2.39. The van der Waals surface area contributed by atoms with E-state index in [1.165, 1.54) is 38.2 Å². The summed E-state index contributed by atoms with van der Waals surface area (Å²) in [4.78, 5) is 10.9. The largest absolute Gasteiger partial charge is 0.463 e. The highest BCUT2D eigenvalue weighted by molar-refractivity contribution is 5.81. The minimum absolute atomic E-state index is 0.222. The van der Waals surface area contributed by atoms with Crippen LogP contribution in [0, 0.1) is 6.42 Å². The maximum absolute atomic E-state index is 10.9. The van der Waals surface area contributed by atoms with E-state index in [0.717, 1.165) is 12.8 Å². The molecule has 0 aliphatic carbocycles. The smallest absolute Gasteiger partial charge is 0.330 e. The molecule has 0 fully saturated rings. The predicted octanol–water partition coefficient (Wildman–Crippen LogP) is 4.06. The number of carbonyl (C=O) groups is 1. The van der Waals surface area contributed by atoms with Gasteiger partial charge in [0.15, 0.2) is 0 Å². The SMILES string of the molecule is CC=CC(=O)OCCCCCCC[CH]CC. The number of allylic oxidation sites excluding steroid dienone is 1. The van der Waals surface area contributed by atoms with E-state index in [2.05, 4.69) is 13.3 Å². The molecule has 0 aromatic rings. The fourth-order valence-corrected chi connectivity index (χ4v) is 1.48. The number of esters is 1. The number of hydrogen-bond donors (Lipinski definition) is 0. The normalized spacial score (nSPS) is 10.9. The van der Waals surface area contributed by atoms with E-state index >= 15 is 0 Å². The van der Waals surface area contributed by atoms with Crippen LogP contribution in [0.2, 0.25) is 0 Å². The van der Waals surface area contributed by atoms with Crippen LogP contribution < -0.4 is 0 Å². The molecule has 0 saturated carbocycles. The third-order valence-corrected chi connectivity index (χ3v) is 2.39. The molecular weight excluding hydrogens is 200 g/mol. The number of hydrogen-bond acceptors (Lipinski definition) is 2. The van der Waals surface area contributed by atoms with Crippen molar-refractivity contribution in [2.75, 3.05) is 6.61 Å². The first-order valence-electron chi connectivity index (χ1n) is 6.42. The van der Waals surface area contributed by atoms with Crippen LogP contribution in [0.1, 0.15) is 58.8 Å². The molecule has 0 amide bonds. The molecule has 93 valence electrons. The van der Waals surface area contributed by atoms with Crippen LogP contribution in [0.5, 0.6) is 0 Å². The molecular formula is C14H25O2. The zero-order chi connectivity index (χ0) is 12.1. The van der Waals surface area contributed by atoms with Gasteiger partial charge in [-0.2, -0.15) is 0 Å². The third kappa shape index (κ3) is 11.3. The summed E-state index contributed by atoms with van der Waals surface area (Å²) in [6, 6.07) is 0. The van der Waals surface area contributed by atoms with Crippen LogP contribution in [0.15, 0.2) is 12.2 Å². The molecule has 0 bridgehead atoms. The highest BCUT2D eigenvalue weighted by Crippen LogP contribution is 2.07. The second kappa shape index (κ2) is 12.3. The molecule has 0 heterocycles. The van der Waals surface area contributed by atoms with Crippen LogP contribution in [0.3, 0.4) is 0 Å². The molecule has 16 heavy (non-hydrogen) atoms. The first kappa shape index (κ1) is 15.2. The zero-order valence-electron chi connectivity index (χ0n) is 10.7. The Morgan fingerprint density at radius 1 is 1.12 bits per heavy atom. The Morgan fingerprint density at radius 3 is 2.50 bits per heavy atom. The molecule has 0 rings (SSSR count). The quantitative estimate of drug-likeness (QED) is 0.318. The van der Waals surface area contributed by atoms with E-state index in [1.54, 1.807) is 6.08 Å². The molecule has 0 aromatic carbocycles. The molecule has 0 aliphatic rings. The summed E-state index contributed by atoms with van der Waals surface area (Å²) in [5, 5.41) is 0. The molecule has 0 atom stereocenters. The van der Waals surface area contributed by atoms with Gasteiger partial charge in [-0.05, 0) is 19.8 Å². The minimum Gasteiger partial charge on any atom is -0.463 e. The number of carbonyl (C=O) groups excluding carboxylic acids is 1. The van der Waals surface area contributed by atoms with Gasteiger partial charge in [-0.25, -0.2) is 4.79 Å². The van der Waals surface area contributed by atoms with Crippen molar-refractivity contribution >= 4 is 5.97 Å². The minimum atomic E-state index is -0.222. The summed E-state index contributed by atoms with van der Waals surface area (Å²) in [6.45, 7) is 4.55. The molecule has 2 heteroatoms. The van der Waals surface area contributed by atoms with Gasteiger partial charge < -0.3 is 4.74 Å². The molecule has 0 aliphatic heterocycles. The Morgan fingerprint density at radius 2 is 1.81 bits per heavy atom. The molecule has 2 nitrogen and oxygen atoms in total. The van der Waals surface area contributed by atoms with Crippen LogP contribution in [0.25, 0.3) is 0 Å².